The van der Waals surface area contributed by atoms with Crippen molar-refractivity contribution in [3.05, 3.63) is 32.0 Å². The molecule has 0 radical (unpaired) electrons. The fraction of sp³-hybridized carbons (Fsp3) is 0.474. The van der Waals surface area contributed by atoms with E-state index >= 15 is 0 Å². The highest BCUT2D eigenvalue weighted by Crippen LogP contribution is 2.31. The quantitative estimate of drug-likeness (QED) is 0.351. The number of thiazole rings is 1. The molecule has 5 N–H and O–H groups in total. The number of hydrogen-bond acceptors (Lipinski definition) is 8. The lowest BCUT2D eigenvalue weighted by Gasteiger charge is -2.37. The highest BCUT2D eigenvalue weighted by Gasteiger charge is 2.34. The minimum atomic E-state index is -1.33. The van der Waals surface area contributed by atoms with Crippen LogP contribution in [0.5, 0.6) is 0 Å². The van der Waals surface area contributed by atoms with E-state index in [0.717, 1.165) is 11.3 Å². The number of hydrogen-bond donors (Lipinski definition) is 5. The number of carboxylic acids is 1. The summed E-state index contributed by atoms with van der Waals surface area (Å²) in [7, 11) is 1.51. The first kappa shape index (κ1) is 25.2. The van der Waals surface area contributed by atoms with Gasteiger partial charge >= 0.3 is 5.97 Å². The number of anilines is 1. The van der Waals surface area contributed by atoms with Crippen molar-refractivity contribution < 1.29 is 29.3 Å². The van der Waals surface area contributed by atoms with Crippen molar-refractivity contribution in [1.82, 2.24) is 20.6 Å². The van der Waals surface area contributed by atoms with Crippen molar-refractivity contribution in [1.29, 1.82) is 0 Å². The molecule has 2 aromatic heterocycles. The van der Waals surface area contributed by atoms with Crippen LogP contribution < -0.4 is 15.5 Å². The molecule has 33 heavy (non-hydrogen) atoms. The molecule has 0 spiro atoms. The normalized spacial score (nSPS) is 18.3. The number of aromatic amines is 1. The summed E-state index contributed by atoms with van der Waals surface area (Å²) in [6.07, 6.45) is 0.0420. The van der Waals surface area contributed by atoms with Crippen LogP contribution in [0.1, 0.15) is 42.8 Å². The van der Waals surface area contributed by atoms with Gasteiger partial charge in [-0.1, -0.05) is 34.5 Å². The molecule has 3 heterocycles. The Labute approximate surface area is 203 Å². The number of halogens is 2. The first-order valence-electron chi connectivity index (χ1n) is 9.93. The molecule has 0 saturated carbocycles. The topological polar surface area (TPSA) is 157 Å². The van der Waals surface area contributed by atoms with Gasteiger partial charge in [-0.3, -0.25) is 9.59 Å². The Morgan fingerprint density at radius 1 is 1.30 bits per heavy atom. The number of aromatic carboxylic acids is 1. The third kappa shape index (κ3) is 5.41. The zero-order valence-corrected chi connectivity index (χ0v) is 20.1. The molecule has 180 valence electrons. The van der Waals surface area contributed by atoms with Crippen molar-refractivity contribution in [3.8, 4) is 0 Å². The fourth-order valence-corrected chi connectivity index (χ4v) is 4.88. The first-order chi connectivity index (χ1) is 15.7. The lowest BCUT2D eigenvalue weighted by atomic mass is 10.0. The van der Waals surface area contributed by atoms with Gasteiger partial charge in [0.25, 0.3) is 11.8 Å². The van der Waals surface area contributed by atoms with Crippen molar-refractivity contribution in [2.45, 2.75) is 25.5 Å². The van der Waals surface area contributed by atoms with E-state index in [2.05, 4.69) is 20.6 Å². The molecule has 0 aliphatic carbocycles. The van der Waals surface area contributed by atoms with Crippen LogP contribution in [0, 0.1) is 6.92 Å². The number of nitrogens with zero attached hydrogens (tertiary/aromatic N) is 2. The van der Waals surface area contributed by atoms with Crippen molar-refractivity contribution in [2.75, 3.05) is 38.3 Å². The molecule has 1 fully saturated rings. The van der Waals surface area contributed by atoms with Gasteiger partial charge in [0.2, 0.25) is 0 Å². The second-order valence-electron chi connectivity index (χ2n) is 7.30. The number of aromatic nitrogens is 2. The predicted molar refractivity (Wildman–Crippen MR) is 123 cm³/mol. The first-order valence-corrected chi connectivity index (χ1v) is 11.5. The van der Waals surface area contributed by atoms with Crippen LogP contribution in [0.15, 0.2) is 0 Å². The fourth-order valence-electron chi connectivity index (χ4n) is 3.46. The van der Waals surface area contributed by atoms with Crippen molar-refractivity contribution >= 4 is 57.5 Å². The summed E-state index contributed by atoms with van der Waals surface area (Å²) in [5, 5.41) is 24.5. The molecule has 11 nitrogen and oxygen atoms in total. The minimum Gasteiger partial charge on any atom is -0.476 e. The molecule has 2 aromatic rings. The van der Waals surface area contributed by atoms with Gasteiger partial charge in [0, 0.05) is 32.4 Å². The van der Waals surface area contributed by atoms with Crippen LogP contribution in [0.2, 0.25) is 10.0 Å². The van der Waals surface area contributed by atoms with Gasteiger partial charge in [0.1, 0.15) is 10.6 Å². The summed E-state index contributed by atoms with van der Waals surface area (Å²) in [5.41, 5.74) is 0.395. The van der Waals surface area contributed by atoms with E-state index in [1.54, 1.807) is 11.8 Å². The molecule has 3 rings (SSSR count). The van der Waals surface area contributed by atoms with E-state index in [1.165, 1.54) is 7.11 Å². The summed E-state index contributed by atoms with van der Waals surface area (Å²) in [4.78, 5) is 45.3. The number of carbonyl (C=O) groups is 3. The molecule has 1 aliphatic heterocycles. The minimum absolute atomic E-state index is 0.00245. The van der Waals surface area contributed by atoms with E-state index < -0.39 is 23.9 Å². The zero-order valence-electron chi connectivity index (χ0n) is 17.8. The number of piperidine rings is 1. The smallest absolute Gasteiger partial charge is 0.356 e. The van der Waals surface area contributed by atoms with Gasteiger partial charge in [-0.15, -0.1) is 0 Å². The molecule has 0 bridgehead atoms. The maximum Gasteiger partial charge on any atom is 0.356 e. The Kier molecular flexibility index (Phi) is 8.19. The number of rotatable bonds is 8. The molecule has 2 amide bonds. The maximum absolute atomic E-state index is 12.7. The van der Waals surface area contributed by atoms with E-state index in [1.807, 2.05) is 0 Å². The highest BCUT2D eigenvalue weighted by atomic mass is 35.5. The molecule has 1 aliphatic rings. The van der Waals surface area contributed by atoms with Crippen molar-refractivity contribution in [3.63, 3.8) is 0 Å². The molecular weight excluding hydrogens is 497 g/mol. The largest absolute Gasteiger partial charge is 0.476 e. The van der Waals surface area contributed by atoms with Gasteiger partial charge < -0.3 is 35.5 Å². The third-order valence-electron chi connectivity index (χ3n) is 5.15. The average molecular weight is 520 g/mol. The summed E-state index contributed by atoms with van der Waals surface area (Å²) >= 11 is 13.1. The van der Waals surface area contributed by atoms with Gasteiger partial charge in [-0.05, 0) is 13.3 Å². The number of carbonyl (C=O) groups excluding carboxylic acids is 2. The molecule has 14 heteroatoms. The highest BCUT2D eigenvalue weighted by molar-refractivity contribution is 7.17. The number of aryl methyl sites for hydroxylation is 1. The summed E-state index contributed by atoms with van der Waals surface area (Å²) in [6, 6.07) is -0.344. The van der Waals surface area contributed by atoms with Crippen LogP contribution in [-0.2, 0) is 4.74 Å². The van der Waals surface area contributed by atoms with Crippen LogP contribution in [-0.4, -0.2) is 83.5 Å². The lowest BCUT2D eigenvalue weighted by molar-refractivity contribution is 0.0539. The third-order valence-corrected chi connectivity index (χ3v) is 7.21. The number of aliphatic hydroxyl groups excluding tert-OH is 1. The van der Waals surface area contributed by atoms with Gasteiger partial charge in [0.05, 0.1) is 28.8 Å². The van der Waals surface area contributed by atoms with Gasteiger partial charge in [-0.25, -0.2) is 9.78 Å². The summed E-state index contributed by atoms with van der Waals surface area (Å²) in [5.74, 6) is -2.36. The molecule has 0 aromatic carbocycles. The SMILES string of the molecule is COC1CN(c2nc(C(=O)O)c(C(=O)NCCO)s2)CCC1NC(=O)c1[nH]c(C)c(Cl)c1Cl. The van der Waals surface area contributed by atoms with E-state index in [9.17, 15) is 19.5 Å². The molecule has 2 unspecified atom stereocenters. The molecular formula is C19H23Cl2N5O6S. The number of H-pyrrole nitrogens is 1. The Morgan fingerprint density at radius 2 is 2.03 bits per heavy atom. The Morgan fingerprint density at radius 3 is 2.61 bits per heavy atom. The Hall–Kier alpha value is -2.38. The Bertz CT molecular complexity index is 1060. The number of ether oxygens (including phenoxy) is 1. The second kappa shape index (κ2) is 10.7. The summed E-state index contributed by atoms with van der Waals surface area (Å²) in [6.45, 7) is 2.18. The predicted octanol–water partition coefficient (Wildman–Crippen LogP) is 1.53. The maximum atomic E-state index is 12.7. The average Bonchev–Trinajstić information content (AvgIpc) is 3.35. The monoisotopic (exact) mass is 519 g/mol. The van der Waals surface area contributed by atoms with E-state index in [0.29, 0.717) is 30.3 Å². The van der Waals surface area contributed by atoms with Crippen LogP contribution in [0.25, 0.3) is 0 Å². The van der Waals surface area contributed by atoms with Crippen molar-refractivity contribution in [2.24, 2.45) is 0 Å². The Balaban J connectivity index is 1.74. The standard InChI is InChI=1S/C19H23Cl2N5O6S/c1-8-11(20)12(21)13(23-8)16(28)24-9-3-5-26(7-10(9)32-2)19-25-14(18(30)31)15(33-19)17(29)22-4-6-27/h9-10,23,27H,3-7H2,1-2H3,(H,22,29)(H,24,28)(H,30,31). The van der Waals surface area contributed by atoms with Gasteiger partial charge in [-0.2, -0.15) is 0 Å². The van der Waals surface area contributed by atoms with Crippen LogP contribution >= 0.6 is 34.5 Å². The number of methoxy groups -OCH3 is 1. The number of carboxylic acid groups (broad SMARTS) is 1. The molecule has 1 saturated heterocycles. The van der Waals surface area contributed by atoms with Crippen LogP contribution in [0.3, 0.4) is 0 Å². The molecule has 2 atom stereocenters. The van der Waals surface area contributed by atoms with E-state index in [-0.39, 0.29) is 45.5 Å². The van der Waals surface area contributed by atoms with Crippen LogP contribution in [0.4, 0.5) is 5.13 Å². The van der Waals surface area contributed by atoms with Gasteiger partial charge in [0.15, 0.2) is 10.8 Å². The number of amides is 2. The zero-order chi connectivity index (χ0) is 24.3. The number of nitrogens with one attached hydrogen (secondary N) is 3. The second-order valence-corrected chi connectivity index (χ2v) is 9.03. The summed E-state index contributed by atoms with van der Waals surface area (Å²) < 4.78 is 5.56. The van der Waals surface area contributed by atoms with E-state index in [4.69, 9.17) is 33.0 Å². The number of aliphatic hydroxyl groups is 1. The lowest BCUT2D eigenvalue weighted by Crippen LogP contribution is -2.55.